The summed E-state index contributed by atoms with van der Waals surface area (Å²) in [7, 11) is 0. The van der Waals surface area contributed by atoms with Gasteiger partial charge >= 0.3 is 0 Å². The molecule has 0 spiro atoms. The van der Waals surface area contributed by atoms with Crippen LogP contribution in [-0.2, 0) is 6.42 Å². The number of thioether (sulfide) groups is 1. The van der Waals surface area contributed by atoms with Gasteiger partial charge in [-0.2, -0.15) is 11.8 Å². The number of hydrogen-bond donors (Lipinski definition) is 1. The molecule has 3 heteroatoms. The maximum Gasteiger partial charge on any atom is 0.00723 e. The molecule has 1 aromatic carbocycles. The van der Waals surface area contributed by atoms with Gasteiger partial charge in [-0.15, -0.1) is 0 Å². The van der Waals surface area contributed by atoms with E-state index in [1.807, 2.05) is 11.8 Å². The van der Waals surface area contributed by atoms with Crippen molar-refractivity contribution in [3.05, 3.63) is 35.9 Å². The highest BCUT2D eigenvalue weighted by Crippen LogP contribution is 2.21. The van der Waals surface area contributed by atoms with Crippen molar-refractivity contribution in [2.24, 2.45) is 11.7 Å². The van der Waals surface area contributed by atoms with Gasteiger partial charge in [-0.3, -0.25) is 0 Å². The smallest absolute Gasteiger partial charge is 0.00723 e. The second-order valence-electron chi connectivity index (χ2n) is 5.38. The Hall–Kier alpha value is -0.510. The van der Waals surface area contributed by atoms with Gasteiger partial charge in [0, 0.05) is 24.6 Å². The summed E-state index contributed by atoms with van der Waals surface area (Å²) >= 11 is 1.98. The first-order valence-electron chi connectivity index (χ1n) is 7.42. The van der Waals surface area contributed by atoms with E-state index in [-0.39, 0.29) is 0 Å². The molecule has 1 saturated heterocycles. The lowest BCUT2D eigenvalue weighted by atomic mass is 9.90. The summed E-state index contributed by atoms with van der Waals surface area (Å²) in [5.74, 6) is 3.22. The van der Waals surface area contributed by atoms with Crippen LogP contribution in [0.5, 0.6) is 0 Å². The molecular weight excluding hydrogens is 252 g/mol. The lowest BCUT2D eigenvalue weighted by molar-refractivity contribution is 0.193. The first kappa shape index (κ1) is 14.9. The van der Waals surface area contributed by atoms with Crippen LogP contribution in [0.15, 0.2) is 30.3 Å². The fraction of sp³-hybridized carbons (Fsp3) is 0.625. The average Bonchev–Trinajstić information content (AvgIpc) is 2.46. The molecule has 1 heterocycles. The van der Waals surface area contributed by atoms with Crippen LogP contribution in [-0.4, -0.2) is 42.6 Å². The van der Waals surface area contributed by atoms with E-state index in [0.29, 0.717) is 0 Å². The molecule has 0 aliphatic carbocycles. The molecule has 0 aromatic heterocycles. The van der Waals surface area contributed by atoms with Crippen LogP contribution >= 0.6 is 11.8 Å². The quantitative estimate of drug-likeness (QED) is 0.778. The third-order valence-corrected chi connectivity index (χ3v) is 4.88. The first-order chi connectivity index (χ1) is 9.38. The van der Waals surface area contributed by atoms with Crippen molar-refractivity contribution in [1.82, 2.24) is 4.90 Å². The molecule has 2 rings (SSSR count). The Bertz CT molecular complexity index is 334. The van der Waals surface area contributed by atoms with Crippen LogP contribution in [0.2, 0.25) is 0 Å². The van der Waals surface area contributed by atoms with E-state index < -0.39 is 0 Å². The minimum atomic E-state index is 0.809. The minimum absolute atomic E-state index is 0.809. The topological polar surface area (TPSA) is 29.3 Å². The Labute approximate surface area is 121 Å². The minimum Gasteiger partial charge on any atom is -0.330 e. The van der Waals surface area contributed by atoms with Crippen molar-refractivity contribution in [1.29, 1.82) is 0 Å². The fourth-order valence-corrected chi connectivity index (χ4v) is 3.50. The summed E-state index contributed by atoms with van der Waals surface area (Å²) in [4.78, 5) is 2.62. The van der Waals surface area contributed by atoms with Crippen LogP contribution in [0, 0.1) is 5.92 Å². The Morgan fingerprint density at radius 3 is 2.53 bits per heavy atom. The highest BCUT2D eigenvalue weighted by molar-refractivity contribution is 7.99. The van der Waals surface area contributed by atoms with Crippen molar-refractivity contribution in [3.63, 3.8) is 0 Å². The second kappa shape index (κ2) is 8.62. The van der Waals surface area contributed by atoms with E-state index >= 15 is 0 Å². The molecule has 1 aliphatic heterocycles. The molecule has 2 N–H and O–H groups in total. The zero-order chi connectivity index (χ0) is 13.3. The summed E-state index contributed by atoms with van der Waals surface area (Å²) in [5, 5.41) is 0. The molecule has 0 radical (unpaired) electrons. The SMILES string of the molecule is NCCSCCN1CCC(Cc2ccccc2)CC1. The number of nitrogens with two attached hydrogens (primary N) is 1. The summed E-state index contributed by atoms with van der Waals surface area (Å²) in [6, 6.07) is 10.9. The van der Waals surface area contributed by atoms with Gasteiger partial charge in [0.15, 0.2) is 0 Å². The molecule has 1 aromatic rings. The van der Waals surface area contributed by atoms with Gasteiger partial charge in [0.05, 0.1) is 0 Å². The van der Waals surface area contributed by atoms with E-state index in [9.17, 15) is 0 Å². The third-order valence-electron chi connectivity index (χ3n) is 3.89. The van der Waals surface area contributed by atoms with E-state index in [2.05, 4.69) is 35.2 Å². The summed E-state index contributed by atoms with van der Waals surface area (Å²) in [5.41, 5.74) is 7.00. The van der Waals surface area contributed by atoms with Crippen molar-refractivity contribution in [3.8, 4) is 0 Å². The molecule has 0 saturated carbocycles. The Kier molecular flexibility index (Phi) is 6.75. The van der Waals surface area contributed by atoms with Gasteiger partial charge in [-0.1, -0.05) is 30.3 Å². The Balaban J connectivity index is 1.62. The number of hydrogen-bond acceptors (Lipinski definition) is 3. The third kappa shape index (κ3) is 5.55. The molecule has 0 unspecified atom stereocenters. The molecule has 0 amide bonds. The predicted octanol–water partition coefficient (Wildman–Crippen LogP) is 2.63. The zero-order valence-electron chi connectivity index (χ0n) is 11.8. The molecule has 106 valence electrons. The number of nitrogens with zero attached hydrogens (tertiary/aromatic N) is 1. The zero-order valence-corrected chi connectivity index (χ0v) is 12.6. The van der Waals surface area contributed by atoms with Gasteiger partial charge in [0.2, 0.25) is 0 Å². The number of benzene rings is 1. The van der Waals surface area contributed by atoms with Gasteiger partial charge < -0.3 is 10.6 Å². The van der Waals surface area contributed by atoms with Crippen molar-refractivity contribution >= 4 is 11.8 Å². The molecule has 0 atom stereocenters. The second-order valence-corrected chi connectivity index (χ2v) is 6.60. The number of piperidine rings is 1. The molecule has 1 aliphatic rings. The Morgan fingerprint density at radius 1 is 1.11 bits per heavy atom. The normalized spacial score (nSPS) is 17.7. The molecule has 2 nitrogen and oxygen atoms in total. The molecule has 19 heavy (non-hydrogen) atoms. The van der Waals surface area contributed by atoms with Gasteiger partial charge in [-0.25, -0.2) is 0 Å². The fourth-order valence-electron chi connectivity index (χ4n) is 2.74. The molecular formula is C16H26N2S. The van der Waals surface area contributed by atoms with Crippen LogP contribution in [0.1, 0.15) is 18.4 Å². The van der Waals surface area contributed by atoms with Crippen LogP contribution in [0.4, 0.5) is 0 Å². The average molecular weight is 278 g/mol. The standard InChI is InChI=1S/C16H26N2S/c17-8-12-19-13-11-18-9-6-16(7-10-18)14-15-4-2-1-3-5-15/h1-5,16H,6-14,17H2. The van der Waals surface area contributed by atoms with E-state index in [4.69, 9.17) is 5.73 Å². The lowest BCUT2D eigenvalue weighted by Gasteiger charge is -2.31. The van der Waals surface area contributed by atoms with E-state index in [1.165, 1.54) is 50.2 Å². The highest BCUT2D eigenvalue weighted by atomic mass is 32.2. The maximum absolute atomic E-state index is 5.50. The van der Waals surface area contributed by atoms with Gasteiger partial charge in [-0.05, 0) is 43.8 Å². The van der Waals surface area contributed by atoms with Crippen molar-refractivity contribution in [2.45, 2.75) is 19.3 Å². The van der Waals surface area contributed by atoms with Gasteiger partial charge in [0.1, 0.15) is 0 Å². The summed E-state index contributed by atoms with van der Waals surface area (Å²) in [6.07, 6.45) is 3.98. The summed E-state index contributed by atoms with van der Waals surface area (Å²) in [6.45, 7) is 4.61. The van der Waals surface area contributed by atoms with E-state index in [1.54, 1.807) is 0 Å². The lowest BCUT2D eigenvalue weighted by Crippen LogP contribution is -2.35. The summed E-state index contributed by atoms with van der Waals surface area (Å²) < 4.78 is 0. The van der Waals surface area contributed by atoms with Crippen LogP contribution < -0.4 is 5.73 Å². The largest absolute Gasteiger partial charge is 0.330 e. The Morgan fingerprint density at radius 2 is 1.84 bits per heavy atom. The van der Waals surface area contributed by atoms with E-state index in [0.717, 1.165) is 18.2 Å². The monoisotopic (exact) mass is 278 g/mol. The van der Waals surface area contributed by atoms with Crippen LogP contribution in [0.25, 0.3) is 0 Å². The predicted molar refractivity (Wildman–Crippen MR) is 85.7 cm³/mol. The van der Waals surface area contributed by atoms with Crippen molar-refractivity contribution in [2.75, 3.05) is 37.7 Å². The maximum atomic E-state index is 5.50. The number of likely N-dealkylation sites (tertiary alicyclic amines) is 1. The van der Waals surface area contributed by atoms with Crippen LogP contribution in [0.3, 0.4) is 0 Å². The number of rotatable bonds is 7. The highest BCUT2D eigenvalue weighted by Gasteiger charge is 2.18. The van der Waals surface area contributed by atoms with Gasteiger partial charge in [0.25, 0.3) is 0 Å². The molecule has 1 fully saturated rings. The van der Waals surface area contributed by atoms with Crippen molar-refractivity contribution < 1.29 is 0 Å². The first-order valence-corrected chi connectivity index (χ1v) is 8.58. The molecule has 0 bridgehead atoms.